The molecule has 1 aliphatic rings. The first-order valence-corrected chi connectivity index (χ1v) is 5.62. The molecule has 0 spiro atoms. The SMILES string of the molecule is Cn1ccnc(N2CCCCC2C(=O)O)c1=O. The summed E-state index contributed by atoms with van der Waals surface area (Å²) in [6, 6.07) is -0.633. The van der Waals surface area contributed by atoms with Crippen molar-refractivity contribution < 1.29 is 9.90 Å². The number of rotatable bonds is 2. The van der Waals surface area contributed by atoms with Crippen LogP contribution in [-0.2, 0) is 11.8 Å². The van der Waals surface area contributed by atoms with Crippen LogP contribution in [-0.4, -0.2) is 33.2 Å². The van der Waals surface area contributed by atoms with Crippen LogP contribution in [0.4, 0.5) is 5.82 Å². The number of carboxylic acid groups (broad SMARTS) is 1. The van der Waals surface area contributed by atoms with Gasteiger partial charge in [0, 0.05) is 26.0 Å². The summed E-state index contributed by atoms with van der Waals surface area (Å²) in [6.07, 6.45) is 5.41. The normalized spacial score (nSPS) is 20.3. The van der Waals surface area contributed by atoms with Gasteiger partial charge in [-0.2, -0.15) is 0 Å². The number of aromatic nitrogens is 2. The largest absolute Gasteiger partial charge is 0.480 e. The maximum atomic E-state index is 11.9. The zero-order valence-corrected chi connectivity index (χ0v) is 9.67. The Morgan fingerprint density at radius 2 is 2.29 bits per heavy atom. The van der Waals surface area contributed by atoms with Crippen LogP contribution in [0.2, 0.25) is 0 Å². The Morgan fingerprint density at radius 3 is 3.00 bits per heavy atom. The minimum absolute atomic E-state index is 0.238. The van der Waals surface area contributed by atoms with Crippen LogP contribution in [0, 0.1) is 0 Å². The molecule has 0 radical (unpaired) electrons. The van der Waals surface area contributed by atoms with Crippen molar-refractivity contribution in [3.63, 3.8) is 0 Å². The van der Waals surface area contributed by atoms with Crippen LogP contribution >= 0.6 is 0 Å². The summed E-state index contributed by atoms with van der Waals surface area (Å²) in [4.78, 5) is 28.7. The van der Waals surface area contributed by atoms with Crippen molar-refractivity contribution in [1.82, 2.24) is 9.55 Å². The molecule has 1 saturated heterocycles. The first-order valence-electron chi connectivity index (χ1n) is 5.62. The molecular weight excluding hydrogens is 222 g/mol. The standard InChI is InChI=1S/C11H15N3O3/c1-13-7-5-12-9(10(13)15)14-6-3-2-4-8(14)11(16)17/h5,7-8H,2-4,6H2,1H3,(H,16,17). The molecule has 2 heterocycles. The molecule has 1 aromatic rings. The molecule has 2 rings (SSSR count). The van der Waals surface area contributed by atoms with Gasteiger partial charge in [0.05, 0.1) is 0 Å². The number of piperidine rings is 1. The highest BCUT2D eigenvalue weighted by molar-refractivity contribution is 5.77. The molecule has 1 unspecified atom stereocenters. The zero-order valence-electron chi connectivity index (χ0n) is 9.67. The first-order chi connectivity index (χ1) is 8.11. The topological polar surface area (TPSA) is 75.4 Å². The van der Waals surface area contributed by atoms with Gasteiger partial charge >= 0.3 is 5.97 Å². The Hall–Kier alpha value is -1.85. The van der Waals surface area contributed by atoms with Gasteiger partial charge in [0.15, 0.2) is 5.82 Å². The summed E-state index contributed by atoms with van der Waals surface area (Å²) >= 11 is 0. The lowest BCUT2D eigenvalue weighted by molar-refractivity contribution is -0.139. The van der Waals surface area contributed by atoms with Gasteiger partial charge in [-0.15, -0.1) is 0 Å². The number of nitrogens with zero attached hydrogens (tertiary/aromatic N) is 3. The third-order valence-electron chi connectivity index (χ3n) is 3.06. The van der Waals surface area contributed by atoms with E-state index in [1.165, 1.54) is 10.8 Å². The molecule has 6 heteroatoms. The maximum Gasteiger partial charge on any atom is 0.326 e. The van der Waals surface area contributed by atoms with Crippen molar-refractivity contribution in [2.24, 2.45) is 7.05 Å². The average molecular weight is 237 g/mol. The molecule has 0 amide bonds. The molecule has 6 nitrogen and oxygen atoms in total. The van der Waals surface area contributed by atoms with Crippen molar-refractivity contribution in [2.75, 3.05) is 11.4 Å². The predicted molar refractivity (Wildman–Crippen MR) is 62.1 cm³/mol. The molecule has 0 bridgehead atoms. The molecular formula is C11H15N3O3. The van der Waals surface area contributed by atoms with E-state index in [4.69, 9.17) is 5.11 Å². The summed E-state index contributed by atoms with van der Waals surface area (Å²) in [5.74, 6) is -0.653. The monoisotopic (exact) mass is 237 g/mol. The number of carbonyl (C=O) groups is 1. The molecule has 1 atom stereocenters. The lowest BCUT2D eigenvalue weighted by Gasteiger charge is -2.33. The second-order valence-electron chi connectivity index (χ2n) is 4.21. The summed E-state index contributed by atoms with van der Waals surface area (Å²) in [5, 5.41) is 9.15. The van der Waals surface area contributed by atoms with Gasteiger partial charge in [-0.25, -0.2) is 9.78 Å². The molecule has 92 valence electrons. The van der Waals surface area contributed by atoms with Crippen molar-refractivity contribution in [3.05, 3.63) is 22.7 Å². The summed E-state index contributed by atoms with van der Waals surface area (Å²) in [7, 11) is 1.63. The van der Waals surface area contributed by atoms with E-state index < -0.39 is 12.0 Å². The fourth-order valence-corrected chi connectivity index (χ4v) is 2.12. The van der Waals surface area contributed by atoms with Gasteiger partial charge in [-0.05, 0) is 19.3 Å². The number of anilines is 1. The molecule has 0 aliphatic carbocycles. The molecule has 1 fully saturated rings. The first kappa shape index (κ1) is 11.6. The van der Waals surface area contributed by atoms with Crippen LogP contribution in [0.3, 0.4) is 0 Å². The second-order valence-corrected chi connectivity index (χ2v) is 4.21. The van der Waals surface area contributed by atoms with Crippen LogP contribution in [0.1, 0.15) is 19.3 Å². The molecule has 1 aromatic heterocycles. The third kappa shape index (κ3) is 2.15. The van der Waals surface area contributed by atoms with E-state index in [9.17, 15) is 9.59 Å². The third-order valence-corrected chi connectivity index (χ3v) is 3.06. The van der Waals surface area contributed by atoms with E-state index in [1.807, 2.05) is 0 Å². The lowest BCUT2D eigenvalue weighted by Crippen LogP contribution is -2.47. The van der Waals surface area contributed by atoms with Gasteiger partial charge in [0.2, 0.25) is 0 Å². The summed E-state index contributed by atoms with van der Waals surface area (Å²) < 4.78 is 1.41. The number of hydrogen-bond donors (Lipinski definition) is 1. The Kier molecular flexibility index (Phi) is 3.12. The molecule has 17 heavy (non-hydrogen) atoms. The fraction of sp³-hybridized carbons (Fsp3) is 0.545. The summed E-state index contributed by atoms with van der Waals surface area (Å²) in [5.41, 5.74) is -0.249. The maximum absolute atomic E-state index is 11.9. The Labute approximate surface area is 98.5 Å². The molecule has 1 N–H and O–H groups in total. The van der Waals surface area contributed by atoms with Crippen LogP contribution < -0.4 is 10.5 Å². The van der Waals surface area contributed by atoms with Crippen LogP contribution in [0.25, 0.3) is 0 Å². The minimum Gasteiger partial charge on any atom is -0.480 e. The van der Waals surface area contributed by atoms with Crippen LogP contribution in [0.5, 0.6) is 0 Å². The van der Waals surface area contributed by atoms with Gasteiger partial charge in [0.25, 0.3) is 5.56 Å². The average Bonchev–Trinajstić information content (AvgIpc) is 2.33. The molecule has 0 aromatic carbocycles. The number of aryl methyl sites for hydroxylation is 1. The van der Waals surface area contributed by atoms with E-state index in [0.29, 0.717) is 13.0 Å². The van der Waals surface area contributed by atoms with Crippen molar-refractivity contribution in [1.29, 1.82) is 0 Å². The fourth-order valence-electron chi connectivity index (χ4n) is 2.12. The quantitative estimate of drug-likeness (QED) is 0.796. The number of hydrogen-bond acceptors (Lipinski definition) is 4. The number of carboxylic acids is 1. The highest BCUT2D eigenvalue weighted by Crippen LogP contribution is 2.20. The van der Waals surface area contributed by atoms with E-state index in [-0.39, 0.29) is 11.4 Å². The minimum atomic E-state index is -0.891. The Bertz CT molecular complexity index is 483. The Balaban J connectivity index is 2.40. The Morgan fingerprint density at radius 1 is 1.53 bits per heavy atom. The van der Waals surface area contributed by atoms with E-state index in [2.05, 4.69) is 4.98 Å². The van der Waals surface area contributed by atoms with E-state index in [1.54, 1.807) is 18.1 Å². The van der Waals surface area contributed by atoms with E-state index >= 15 is 0 Å². The van der Waals surface area contributed by atoms with Gasteiger partial charge in [-0.1, -0.05) is 0 Å². The highest BCUT2D eigenvalue weighted by Gasteiger charge is 2.30. The lowest BCUT2D eigenvalue weighted by atomic mass is 10.0. The number of aliphatic carboxylic acids is 1. The van der Waals surface area contributed by atoms with Gasteiger partial charge in [0.1, 0.15) is 6.04 Å². The molecule has 1 aliphatic heterocycles. The second kappa shape index (κ2) is 4.57. The summed E-state index contributed by atoms with van der Waals surface area (Å²) in [6.45, 7) is 0.573. The van der Waals surface area contributed by atoms with Crippen molar-refractivity contribution in [2.45, 2.75) is 25.3 Å². The van der Waals surface area contributed by atoms with Gasteiger partial charge in [-0.3, -0.25) is 4.79 Å². The predicted octanol–water partition coefficient (Wildman–Crippen LogP) is 0.224. The van der Waals surface area contributed by atoms with Crippen molar-refractivity contribution in [3.8, 4) is 0 Å². The zero-order chi connectivity index (χ0) is 12.4. The van der Waals surface area contributed by atoms with Gasteiger partial charge < -0.3 is 14.6 Å². The molecule has 0 saturated carbocycles. The van der Waals surface area contributed by atoms with Crippen molar-refractivity contribution >= 4 is 11.8 Å². The van der Waals surface area contributed by atoms with Crippen LogP contribution in [0.15, 0.2) is 17.2 Å². The van der Waals surface area contributed by atoms with E-state index in [0.717, 1.165) is 12.8 Å². The highest BCUT2D eigenvalue weighted by atomic mass is 16.4. The smallest absolute Gasteiger partial charge is 0.326 e.